The Morgan fingerprint density at radius 1 is 0.630 bits per heavy atom. The van der Waals surface area contributed by atoms with E-state index in [0.29, 0.717) is 76.8 Å². The molecule has 3 N–H and O–H groups in total. The van der Waals surface area contributed by atoms with E-state index in [0.717, 1.165) is 11.1 Å². The highest BCUT2D eigenvalue weighted by molar-refractivity contribution is 6.06. The lowest BCUT2D eigenvalue weighted by Gasteiger charge is -2.18. The van der Waals surface area contributed by atoms with Crippen LogP contribution in [-0.4, -0.2) is 88.2 Å². The first-order valence-electron chi connectivity index (χ1n) is 23.6. The molecule has 0 unspecified atom stereocenters. The van der Waals surface area contributed by atoms with Crippen molar-refractivity contribution in [1.82, 2.24) is 30.6 Å². The predicted octanol–water partition coefficient (Wildman–Crippen LogP) is 8.43. The highest BCUT2D eigenvalue weighted by Gasteiger charge is 2.32. The first kappa shape index (κ1) is 49.0. The summed E-state index contributed by atoms with van der Waals surface area (Å²) >= 11 is 0. The topological polar surface area (TPSA) is 189 Å². The number of amides is 4. The van der Waals surface area contributed by atoms with Gasteiger partial charge in [-0.2, -0.15) is 5.10 Å². The van der Waals surface area contributed by atoms with Crippen molar-refractivity contribution in [2.75, 3.05) is 26.2 Å². The standard InChI is InChI=1S/C28H25FN4O4.C28H23FN2O5/c29-24-11-10-19(15-25-21-8-4-5-9-22(21)26(34)32-31-25)14-23(24)27(35)33-13-12-20(16-33)30-28(36)37-17-18-6-2-1-3-7-18;29-24-11-10-19(15-25-21-8-4-5-9-22(21)27(33)36-25)14-23(24)26(32)31-13-12-20(16-31)30-28(34)35-17-18-6-2-1-3-7-18/h1-11,14,20H,12-13,15-17H2,(H,30,36)(H,32,34);1-11,14-15,20H,12-13,16-17H2,(H,30,34)/b;25-15-/t2*20-/m11/s1. The number of aromatic nitrogens is 2. The molecule has 0 spiro atoms. The Hall–Kier alpha value is -8.99. The molecular weight excluding hydrogens is 939 g/mol. The van der Waals surface area contributed by atoms with Crippen molar-refractivity contribution in [1.29, 1.82) is 0 Å². The van der Waals surface area contributed by atoms with Crippen LogP contribution in [0.3, 0.4) is 0 Å². The number of fused-ring (bicyclic) bond motifs is 2. The number of carbonyl (C=O) groups is 5. The van der Waals surface area contributed by atoms with E-state index in [-0.39, 0.29) is 55.1 Å². The van der Waals surface area contributed by atoms with Crippen molar-refractivity contribution in [3.05, 3.63) is 218 Å². The Bertz CT molecular complexity index is 3300. The van der Waals surface area contributed by atoms with Gasteiger partial charge in [-0.05, 0) is 77.6 Å². The second-order valence-electron chi connectivity index (χ2n) is 17.6. The van der Waals surface area contributed by atoms with Crippen LogP contribution in [0, 0.1) is 11.6 Å². The molecular formula is C56H48F2N6O9. The minimum absolute atomic E-state index is 0.0430. The average Bonchev–Trinajstić information content (AvgIpc) is 4.17. The summed E-state index contributed by atoms with van der Waals surface area (Å²) in [5.74, 6) is -2.29. The molecule has 10 rings (SSSR count). The molecule has 3 aliphatic heterocycles. The van der Waals surface area contributed by atoms with Crippen molar-refractivity contribution in [2.45, 2.75) is 44.6 Å². The molecule has 0 radical (unpaired) electrons. The van der Waals surface area contributed by atoms with Crippen LogP contribution >= 0.6 is 0 Å². The van der Waals surface area contributed by atoms with Crippen molar-refractivity contribution in [3.8, 4) is 0 Å². The normalized spacial score (nSPS) is 16.3. The highest BCUT2D eigenvalue weighted by atomic mass is 19.1. The van der Waals surface area contributed by atoms with Crippen molar-refractivity contribution < 1.29 is 47.0 Å². The van der Waals surface area contributed by atoms with Crippen LogP contribution in [0.4, 0.5) is 18.4 Å². The van der Waals surface area contributed by atoms with Gasteiger partial charge in [-0.1, -0.05) is 109 Å². The van der Waals surface area contributed by atoms with Gasteiger partial charge in [0.25, 0.3) is 17.4 Å². The molecule has 6 aromatic carbocycles. The van der Waals surface area contributed by atoms with E-state index >= 15 is 0 Å². The molecule has 7 aromatic rings. The number of aromatic amines is 1. The van der Waals surface area contributed by atoms with Gasteiger partial charge in [-0.15, -0.1) is 0 Å². The Labute approximate surface area is 417 Å². The minimum atomic E-state index is -0.648. The SMILES string of the molecule is O=C(N[C@@H]1CCN(C(=O)c2cc(/C=C3\OC(=O)c4ccccc43)ccc2F)C1)OCc1ccccc1.O=C(N[C@@H]1CCN(C(=O)c2cc(Cc3n[nH]c(=O)c4ccccc34)ccc2F)C1)OCc1ccccc1. The number of carbonyl (C=O) groups excluding carboxylic acids is 5. The van der Waals surface area contributed by atoms with Crippen molar-refractivity contribution in [3.63, 3.8) is 0 Å². The van der Waals surface area contributed by atoms with Crippen LogP contribution in [0.15, 0.2) is 150 Å². The monoisotopic (exact) mass is 986 g/mol. The number of nitrogens with zero attached hydrogens (tertiary/aromatic N) is 3. The van der Waals surface area contributed by atoms with Crippen LogP contribution < -0.4 is 16.2 Å². The van der Waals surface area contributed by atoms with Crippen molar-refractivity contribution in [2.24, 2.45) is 0 Å². The number of rotatable bonds is 11. The van der Waals surface area contributed by atoms with Gasteiger partial charge in [0.2, 0.25) is 0 Å². The molecule has 2 saturated heterocycles. The molecule has 2 atom stereocenters. The summed E-state index contributed by atoms with van der Waals surface area (Å²) in [7, 11) is 0. The number of H-pyrrole nitrogens is 1. The number of hydrogen-bond donors (Lipinski definition) is 3. The number of nitrogens with one attached hydrogen (secondary N) is 3. The molecule has 4 heterocycles. The van der Waals surface area contributed by atoms with E-state index in [9.17, 15) is 37.5 Å². The Kier molecular flexibility index (Phi) is 15.0. The molecule has 370 valence electrons. The number of cyclic esters (lactones) is 1. The Morgan fingerprint density at radius 2 is 1.15 bits per heavy atom. The minimum Gasteiger partial charge on any atom is -0.445 e. The molecule has 4 amide bonds. The largest absolute Gasteiger partial charge is 0.445 e. The zero-order valence-electron chi connectivity index (χ0n) is 39.2. The number of hydrogen-bond acceptors (Lipinski definition) is 10. The number of likely N-dealkylation sites (tertiary alicyclic amines) is 2. The van der Waals surface area contributed by atoms with Crippen molar-refractivity contribution >= 4 is 52.6 Å². The van der Waals surface area contributed by atoms with E-state index in [1.165, 1.54) is 40.1 Å². The fourth-order valence-corrected chi connectivity index (χ4v) is 8.82. The molecule has 3 aliphatic rings. The summed E-state index contributed by atoms with van der Waals surface area (Å²) in [4.78, 5) is 77.7. The summed E-state index contributed by atoms with van der Waals surface area (Å²) in [6.45, 7) is 1.56. The van der Waals surface area contributed by atoms with Gasteiger partial charge >= 0.3 is 18.2 Å². The molecule has 0 bridgehead atoms. The smallest absolute Gasteiger partial charge is 0.407 e. The van der Waals surface area contributed by atoms with Crippen LogP contribution in [0.2, 0.25) is 0 Å². The molecule has 73 heavy (non-hydrogen) atoms. The molecule has 2 fully saturated rings. The molecule has 17 heteroatoms. The predicted molar refractivity (Wildman–Crippen MR) is 266 cm³/mol. The van der Waals surface area contributed by atoms with Crippen LogP contribution in [0.5, 0.6) is 0 Å². The van der Waals surface area contributed by atoms with Crippen LogP contribution in [0.25, 0.3) is 22.6 Å². The fraction of sp³-hybridized carbons (Fsp3) is 0.196. The summed E-state index contributed by atoms with van der Waals surface area (Å²) < 4.78 is 45.1. The molecule has 0 aliphatic carbocycles. The zero-order chi connectivity index (χ0) is 50.8. The lowest BCUT2D eigenvalue weighted by molar-refractivity contribution is 0.0715. The zero-order valence-corrected chi connectivity index (χ0v) is 39.2. The second kappa shape index (κ2) is 22.4. The maximum absolute atomic E-state index is 14.7. The number of esters is 1. The highest BCUT2D eigenvalue weighted by Crippen LogP contribution is 2.32. The number of benzene rings is 6. The number of ether oxygens (including phenoxy) is 3. The quantitative estimate of drug-likeness (QED) is 0.0838. The van der Waals surface area contributed by atoms with Gasteiger partial charge in [-0.3, -0.25) is 14.4 Å². The summed E-state index contributed by atoms with van der Waals surface area (Å²) in [5.41, 5.74) is 4.28. The van der Waals surface area contributed by atoms with Gasteiger partial charge in [0, 0.05) is 43.5 Å². The lowest BCUT2D eigenvalue weighted by atomic mass is 10.0. The third-order valence-electron chi connectivity index (χ3n) is 12.6. The number of alkyl carbamates (subject to hydrolysis) is 2. The summed E-state index contributed by atoms with van der Waals surface area (Å²) in [6.07, 6.45) is 1.87. The summed E-state index contributed by atoms with van der Waals surface area (Å²) in [5, 5.41) is 13.4. The van der Waals surface area contributed by atoms with E-state index in [1.807, 2.05) is 72.8 Å². The molecule has 0 saturated carbocycles. The Balaban J connectivity index is 0.000000180. The van der Waals surface area contributed by atoms with Crippen LogP contribution in [-0.2, 0) is 33.8 Å². The first-order valence-corrected chi connectivity index (χ1v) is 23.6. The van der Waals surface area contributed by atoms with Gasteiger partial charge in [0.15, 0.2) is 0 Å². The van der Waals surface area contributed by atoms with Gasteiger partial charge in [0.1, 0.15) is 30.6 Å². The van der Waals surface area contributed by atoms with Crippen LogP contribution in [0.1, 0.15) is 77.4 Å². The third-order valence-corrected chi connectivity index (χ3v) is 12.6. The summed E-state index contributed by atoms with van der Waals surface area (Å²) in [6, 6.07) is 40.8. The van der Waals surface area contributed by atoms with Gasteiger partial charge in [-0.25, -0.2) is 28.3 Å². The van der Waals surface area contributed by atoms with Gasteiger partial charge in [0.05, 0.1) is 39.9 Å². The number of halogens is 2. The Morgan fingerprint density at radius 3 is 1.75 bits per heavy atom. The van der Waals surface area contributed by atoms with E-state index in [2.05, 4.69) is 20.8 Å². The van der Waals surface area contributed by atoms with E-state index < -0.39 is 41.6 Å². The maximum atomic E-state index is 14.7. The fourth-order valence-electron chi connectivity index (χ4n) is 8.82. The molecule has 1 aromatic heterocycles. The van der Waals surface area contributed by atoms with E-state index in [1.54, 1.807) is 48.5 Å². The van der Waals surface area contributed by atoms with Gasteiger partial charge < -0.3 is 34.6 Å². The maximum Gasteiger partial charge on any atom is 0.407 e. The lowest BCUT2D eigenvalue weighted by Crippen LogP contribution is -2.38. The average molecular weight is 987 g/mol. The second-order valence-corrected chi connectivity index (χ2v) is 17.6. The third kappa shape index (κ3) is 12.0. The first-order chi connectivity index (χ1) is 35.4. The molecule has 15 nitrogen and oxygen atoms in total. The van der Waals surface area contributed by atoms with E-state index in [4.69, 9.17) is 14.2 Å².